The van der Waals surface area contributed by atoms with E-state index in [2.05, 4.69) is 21.6 Å². The van der Waals surface area contributed by atoms with Crippen molar-refractivity contribution in [2.24, 2.45) is 0 Å². The number of rotatable bonds is 5. The molecule has 0 saturated carbocycles. The van der Waals surface area contributed by atoms with Crippen molar-refractivity contribution in [1.29, 1.82) is 0 Å². The Morgan fingerprint density at radius 2 is 2.15 bits per heavy atom. The maximum absolute atomic E-state index is 13.1. The molecule has 1 fully saturated rings. The summed E-state index contributed by atoms with van der Waals surface area (Å²) in [6.07, 6.45) is 9.68. The zero-order valence-electron chi connectivity index (χ0n) is 15.7. The first kappa shape index (κ1) is 17.5. The molecule has 0 aliphatic carbocycles. The zero-order chi connectivity index (χ0) is 18.6. The van der Waals surface area contributed by atoms with E-state index in [1.54, 1.807) is 6.20 Å². The normalized spacial score (nSPS) is 17.2. The molecule has 1 aliphatic heterocycles. The van der Waals surface area contributed by atoms with Gasteiger partial charge in [0.25, 0.3) is 5.91 Å². The van der Waals surface area contributed by atoms with Crippen LogP contribution in [-0.2, 0) is 13.1 Å². The third kappa shape index (κ3) is 3.79. The Bertz CT molecular complexity index is 899. The SMILES string of the molecule is CCn1ccnc1[C@H]1CCCN(C(=O)c2cccc(Cn3cccn3)c2)C1. The molecular weight excluding hydrogens is 338 g/mol. The number of aromatic nitrogens is 4. The van der Waals surface area contributed by atoms with Crippen LogP contribution in [-0.4, -0.2) is 43.2 Å². The van der Waals surface area contributed by atoms with Crippen molar-refractivity contribution >= 4 is 5.91 Å². The van der Waals surface area contributed by atoms with Crippen molar-refractivity contribution in [1.82, 2.24) is 24.2 Å². The molecule has 4 rings (SSSR count). The van der Waals surface area contributed by atoms with Crippen molar-refractivity contribution < 1.29 is 4.79 Å². The lowest BCUT2D eigenvalue weighted by Crippen LogP contribution is -2.39. The van der Waals surface area contributed by atoms with E-state index in [1.807, 2.05) is 58.5 Å². The summed E-state index contributed by atoms with van der Waals surface area (Å²) in [6.45, 7) is 5.26. The minimum atomic E-state index is 0.108. The largest absolute Gasteiger partial charge is 0.338 e. The topological polar surface area (TPSA) is 56.0 Å². The third-order valence-corrected chi connectivity index (χ3v) is 5.24. The summed E-state index contributed by atoms with van der Waals surface area (Å²) in [5.74, 6) is 1.52. The van der Waals surface area contributed by atoms with Gasteiger partial charge in [0.1, 0.15) is 5.82 Å². The average molecular weight is 363 g/mol. The van der Waals surface area contributed by atoms with E-state index in [1.165, 1.54) is 0 Å². The van der Waals surface area contributed by atoms with Crippen LogP contribution in [0.5, 0.6) is 0 Å². The van der Waals surface area contributed by atoms with Crippen molar-refractivity contribution in [3.8, 4) is 0 Å². The number of imidazole rings is 1. The number of carbonyl (C=O) groups excluding carboxylic acids is 1. The predicted molar refractivity (Wildman–Crippen MR) is 104 cm³/mol. The first-order valence-electron chi connectivity index (χ1n) is 9.61. The molecule has 6 heteroatoms. The highest BCUT2D eigenvalue weighted by atomic mass is 16.2. The lowest BCUT2D eigenvalue weighted by atomic mass is 9.96. The van der Waals surface area contributed by atoms with Gasteiger partial charge in [0.2, 0.25) is 0 Å². The van der Waals surface area contributed by atoms with Crippen LogP contribution in [0, 0.1) is 0 Å². The molecule has 3 heterocycles. The van der Waals surface area contributed by atoms with Gasteiger partial charge in [0.15, 0.2) is 0 Å². The van der Waals surface area contributed by atoms with Gasteiger partial charge in [-0.1, -0.05) is 12.1 Å². The number of nitrogens with zero attached hydrogens (tertiary/aromatic N) is 5. The highest BCUT2D eigenvalue weighted by Crippen LogP contribution is 2.27. The standard InChI is InChI=1S/C21H25N5O/c1-2-24-13-10-22-20(24)19-8-4-11-25(16-19)21(27)18-7-3-6-17(14-18)15-26-12-5-9-23-26/h3,5-7,9-10,12-14,19H,2,4,8,11,15-16H2,1H3/t19-/m0/s1. The number of likely N-dealkylation sites (tertiary alicyclic amines) is 1. The van der Waals surface area contributed by atoms with Crippen LogP contribution in [0.15, 0.2) is 55.1 Å². The summed E-state index contributed by atoms with van der Waals surface area (Å²) >= 11 is 0. The van der Waals surface area contributed by atoms with Gasteiger partial charge in [0.05, 0.1) is 6.54 Å². The van der Waals surface area contributed by atoms with E-state index in [4.69, 9.17) is 0 Å². The summed E-state index contributed by atoms with van der Waals surface area (Å²) in [6, 6.07) is 9.79. The molecule has 0 N–H and O–H groups in total. The molecule has 1 saturated heterocycles. The summed E-state index contributed by atoms with van der Waals surface area (Å²) in [5.41, 5.74) is 1.83. The summed E-state index contributed by atoms with van der Waals surface area (Å²) in [7, 11) is 0. The smallest absolute Gasteiger partial charge is 0.253 e. The Morgan fingerprint density at radius 1 is 1.22 bits per heavy atom. The maximum atomic E-state index is 13.1. The summed E-state index contributed by atoms with van der Waals surface area (Å²) in [4.78, 5) is 19.6. The van der Waals surface area contributed by atoms with Crippen molar-refractivity contribution in [2.75, 3.05) is 13.1 Å². The Kier molecular flexibility index (Phi) is 5.05. The van der Waals surface area contributed by atoms with Crippen molar-refractivity contribution in [2.45, 2.75) is 38.8 Å². The number of piperidine rings is 1. The fraction of sp³-hybridized carbons (Fsp3) is 0.381. The summed E-state index contributed by atoms with van der Waals surface area (Å²) in [5, 5.41) is 4.24. The van der Waals surface area contributed by atoms with Crippen LogP contribution in [0.25, 0.3) is 0 Å². The molecule has 2 aromatic heterocycles. The Hall–Kier alpha value is -2.89. The van der Waals surface area contributed by atoms with E-state index in [9.17, 15) is 4.79 Å². The highest BCUT2D eigenvalue weighted by molar-refractivity contribution is 5.94. The minimum Gasteiger partial charge on any atom is -0.338 e. The molecule has 0 spiro atoms. The average Bonchev–Trinajstić information content (AvgIpc) is 3.39. The Labute approximate surface area is 159 Å². The number of aryl methyl sites for hydroxylation is 1. The van der Waals surface area contributed by atoms with Gasteiger partial charge < -0.3 is 9.47 Å². The Balaban J connectivity index is 1.49. The number of amides is 1. The van der Waals surface area contributed by atoms with E-state index in [-0.39, 0.29) is 5.91 Å². The summed E-state index contributed by atoms with van der Waals surface area (Å²) < 4.78 is 4.05. The minimum absolute atomic E-state index is 0.108. The molecule has 140 valence electrons. The van der Waals surface area contributed by atoms with Crippen LogP contribution >= 0.6 is 0 Å². The fourth-order valence-corrected chi connectivity index (χ4v) is 3.89. The third-order valence-electron chi connectivity index (χ3n) is 5.24. The molecule has 6 nitrogen and oxygen atoms in total. The highest BCUT2D eigenvalue weighted by Gasteiger charge is 2.27. The first-order chi connectivity index (χ1) is 13.2. The van der Waals surface area contributed by atoms with Crippen molar-refractivity contribution in [3.63, 3.8) is 0 Å². The number of hydrogen-bond acceptors (Lipinski definition) is 3. The van der Waals surface area contributed by atoms with Gasteiger partial charge in [-0.25, -0.2) is 4.98 Å². The molecule has 0 unspecified atom stereocenters. The Morgan fingerprint density at radius 3 is 2.96 bits per heavy atom. The number of benzene rings is 1. The van der Waals surface area contributed by atoms with Crippen LogP contribution in [0.2, 0.25) is 0 Å². The second-order valence-corrected chi connectivity index (χ2v) is 7.07. The zero-order valence-corrected chi connectivity index (χ0v) is 15.7. The van der Waals surface area contributed by atoms with Crippen LogP contribution in [0.4, 0.5) is 0 Å². The molecule has 27 heavy (non-hydrogen) atoms. The van der Waals surface area contributed by atoms with Gasteiger partial charge in [-0.3, -0.25) is 9.48 Å². The molecule has 3 aromatic rings. The molecule has 1 atom stereocenters. The van der Waals surface area contributed by atoms with Gasteiger partial charge in [-0.15, -0.1) is 0 Å². The molecule has 1 aromatic carbocycles. The molecule has 0 radical (unpaired) electrons. The molecular formula is C21H25N5O. The van der Waals surface area contributed by atoms with Gasteiger partial charge in [-0.05, 0) is 43.5 Å². The monoisotopic (exact) mass is 363 g/mol. The van der Waals surface area contributed by atoms with Gasteiger partial charge >= 0.3 is 0 Å². The van der Waals surface area contributed by atoms with E-state index < -0.39 is 0 Å². The molecule has 1 amide bonds. The quantitative estimate of drug-likeness (QED) is 0.700. The number of hydrogen-bond donors (Lipinski definition) is 0. The maximum Gasteiger partial charge on any atom is 0.253 e. The van der Waals surface area contributed by atoms with E-state index in [0.717, 1.165) is 49.4 Å². The molecule has 0 bridgehead atoms. The van der Waals surface area contributed by atoms with Gasteiger partial charge in [0, 0.05) is 55.9 Å². The van der Waals surface area contributed by atoms with E-state index in [0.29, 0.717) is 12.5 Å². The predicted octanol–water partition coefficient (Wildman–Crippen LogP) is 3.17. The second-order valence-electron chi connectivity index (χ2n) is 7.07. The van der Waals surface area contributed by atoms with Crippen LogP contribution in [0.3, 0.4) is 0 Å². The lowest BCUT2D eigenvalue weighted by Gasteiger charge is -2.32. The second kappa shape index (κ2) is 7.78. The van der Waals surface area contributed by atoms with Crippen LogP contribution < -0.4 is 0 Å². The van der Waals surface area contributed by atoms with E-state index >= 15 is 0 Å². The fourth-order valence-electron chi connectivity index (χ4n) is 3.89. The molecule has 1 aliphatic rings. The number of carbonyl (C=O) groups is 1. The van der Waals surface area contributed by atoms with Gasteiger partial charge in [-0.2, -0.15) is 5.10 Å². The first-order valence-corrected chi connectivity index (χ1v) is 9.61. The van der Waals surface area contributed by atoms with Crippen molar-refractivity contribution in [3.05, 3.63) is 72.1 Å². The lowest BCUT2D eigenvalue weighted by molar-refractivity contribution is 0.0703. The van der Waals surface area contributed by atoms with Crippen LogP contribution in [0.1, 0.15) is 47.4 Å².